The lowest BCUT2D eigenvalue weighted by molar-refractivity contribution is 1.31. The van der Waals surface area contributed by atoms with Crippen molar-refractivity contribution in [1.82, 2.24) is 0 Å². The zero-order chi connectivity index (χ0) is 39.6. The molecule has 0 fully saturated rings. The Bertz CT molecular complexity index is 3590. The molecule has 0 saturated heterocycles. The molecule has 1 aromatic heterocycles. The van der Waals surface area contributed by atoms with Crippen LogP contribution in [0.15, 0.2) is 224 Å². The van der Waals surface area contributed by atoms with E-state index in [4.69, 9.17) is 0 Å². The third-order valence-electron chi connectivity index (χ3n) is 12.2. The van der Waals surface area contributed by atoms with Crippen molar-refractivity contribution in [3.05, 3.63) is 224 Å². The Morgan fingerprint density at radius 1 is 0.283 bits per heavy atom. The SMILES string of the molecule is c1ccc(-c2cccc3cccc(-c4ccc(N(c5ccc6cc(-c7ccc8ccccc8c7)ccc6c5)c5cccc6c5sc5c7ccccc7ccc65)cc4)c23)cc1. The van der Waals surface area contributed by atoms with Gasteiger partial charge in [-0.25, -0.2) is 0 Å². The Morgan fingerprint density at radius 2 is 0.800 bits per heavy atom. The molecule has 12 rings (SSSR count). The molecule has 11 aromatic carbocycles. The summed E-state index contributed by atoms with van der Waals surface area (Å²) >= 11 is 1.90. The fourth-order valence-corrected chi connectivity index (χ4v) is 10.6. The van der Waals surface area contributed by atoms with Crippen LogP contribution in [-0.2, 0) is 0 Å². The number of nitrogens with zero attached hydrogens (tertiary/aromatic N) is 1. The quantitative estimate of drug-likeness (QED) is 0.162. The minimum Gasteiger partial charge on any atom is -0.309 e. The smallest absolute Gasteiger partial charge is 0.0640 e. The van der Waals surface area contributed by atoms with E-state index in [9.17, 15) is 0 Å². The Kier molecular flexibility index (Phi) is 8.11. The van der Waals surface area contributed by atoms with Gasteiger partial charge in [-0.2, -0.15) is 0 Å². The van der Waals surface area contributed by atoms with E-state index in [1.165, 1.54) is 102 Å². The van der Waals surface area contributed by atoms with Crippen molar-refractivity contribution in [1.29, 1.82) is 0 Å². The summed E-state index contributed by atoms with van der Waals surface area (Å²) in [6.07, 6.45) is 0. The van der Waals surface area contributed by atoms with Crippen LogP contribution in [0.2, 0.25) is 0 Å². The van der Waals surface area contributed by atoms with Gasteiger partial charge in [0.2, 0.25) is 0 Å². The molecule has 0 aliphatic rings. The molecule has 0 aliphatic carbocycles. The van der Waals surface area contributed by atoms with Crippen LogP contribution in [0.4, 0.5) is 17.1 Å². The fraction of sp³-hybridized carbons (Fsp3) is 0. The maximum Gasteiger partial charge on any atom is 0.0640 e. The summed E-state index contributed by atoms with van der Waals surface area (Å²) in [6.45, 7) is 0. The lowest BCUT2D eigenvalue weighted by Gasteiger charge is -2.27. The van der Waals surface area contributed by atoms with Crippen molar-refractivity contribution in [2.24, 2.45) is 0 Å². The van der Waals surface area contributed by atoms with Crippen LogP contribution in [0.5, 0.6) is 0 Å². The largest absolute Gasteiger partial charge is 0.309 e. The van der Waals surface area contributed by atoms with Crippen molar-refractivity contribution in [3.63, 3.8) is 0 Å². The lowest BCUT2D eigenvalue weighted by Crippen LogP contribution is -2.10. The normalized spacial score (nSPS) is 11.7. The predicted octanol–water partition coefficient (Wildman–Crippen LogP) is 17.1. The third kappa shape index (κ3) is 5.76. The molecule has 0 N–H and O–H groups in total. The summed E-state index contributed by atoms with van der Waals surface area (Å²) in [5.74, 6) is 0. The van der Waals surface area contributed by atoms with Gasteiger partial charge in [0.05, 0.1) is 10.4 Å². The van der Waals surface area contributed by atoms with Crippen molar-refractivity contribution in [3.8, 4) is 33.4 Å². The third-order valence-corrected chi connectivity index (χ3v) is 13.5. The predicted molar refractivity (Wildman–Crippen MR) is 260 cm³/mol. The molecule has 0 bridgehead atoms. The molecular weight excluding hydrogens is 743 g/mol. The van der Waals surface area contributed by atoms with E-state index < -0.39 is 0 Å². The van der Waals surface area contributed by atoms with Gasteiger partial charge in [0.15, 0.2) is 0 Å². The van der Waals surface area contributed by atoms with Gasteiger partial charge in [0.1, 0.15) is 0 Å². The summed E-state index contributed by atoms with van der Waals surface area (Å²) in [5, 5.41) is 12.6. The zero-order valence-electron chi connectivity index (χ0n) is 32.7. The first kappa shape index (κ1) is 34.5. The number of benzene rings is 11. The molecule has 280 valence electrons. The highest BCUT2D eigenvalue weighted by Gasteiger charge is 2.20. The van der Waals surface area contributed by atoms with Crippen LogP contribution < -0.4 is 4.90 Å². The Labute approximate surface area is 352 Å². The summed E-state index contributed by atoms with van der Waals surface area (Å²) in [6, 6.07) is 82.5. The molecule has 1 heterocycles. The molecule has 12 aromatic rings. The van der Waals surface area contributed by atoms with Crippen LogP contribution in [0, 0.1) is 0 Å². The number of hydrogen-bond donors (Lipinski definition) is 0. The minimum absolute atomic E-state index is 1.12. The zero-order valence-corrected chi connectivity index (χ0v) is 33.5. The van der Waals surface area contributed by atoms with Crippen molar-refractivity contribution in [2.75, 3.05) is 4.90 Å². The summed E-state index contributed by atoms with van der Waals surface area (Å²) in [7, 11) is 0. The summed E-state index contributed by atoms with van der Waals surface area (Å²) in [5.41, 5.74) is 10.8. The fourth-order valence-electron chi connectivity index (χ4n) is 9.27. The van der Waals surface area contributed by atoms with Gasteiger partial charge in [-0.3, -0.25) is 0 Å². The molecule has 0 spiro atoms. The van der Waals surface area contributed by atoms with Crippen LogP contribution in [0.3, 0.4) is 0 Å². The Balaban J connectivity index is 1.02. The highest BCUT2D eigenvalue weighted by atomic mass is 32.1. The van der Waals surface area contributed by atoms with Crippen LogP contribution in [-0.4, -0.2) is 0 Å². The first-order valence-electron chi connectivity index (χ1n) is 20.6. The maximum atomic E-state index is 2.46. The van der Waals surface area contributed by atoms with Crippen molar-refractivity contribution in [2.45, 2.75) is 0 Å². The van der Waals surface area contributed by atoms with Crippen LogP contribution in [0.1, 0.15) is 0 Å². The number of hydrogen-bond acceptors (Lipinski definition) is 2. The van der Waals surface area contributed by atoms with Crippen LogP contribution in [0.25, 0.3) is 96.6 Å². The Morgan fingerprint density at radius 3 is 1.58 bits per heavy atom. The topological polar surface area (TPSA) is 3.24 Å². The first-order valence-corrected chi connectivity index (χ1v) is 21.4. The van der Waals surface area contributed by atoms with E-state index in [2.05, 4.69) is 229 Å². The molecule has 0 amide bonds. The van der Waals surface area contributed by atoms with Gasteiger partial charge >= 0.3 is 0 Å². The van der Waals surface area contributed by atoms with E-state index in [0.717, 1.165) is 11.4 Å². The molecule has 0 atom stereocenters. The lowest BCUT2D eigenvalue weighted by atomic mass is 9.91. The molecule has 0 unspecified atom stereocenters. The van der Waals surface area contributed by atoms with Gasteiger partial charge in [0.25, 0.3) is 0 Å². The first-order chi connectivity index (χ1) is 29.7. The molecule has 0 aliphatic heterocycles. The summed E-state index contributed by atoms with van der Waals surface area (Å²) < 4.78 is 2.61. The molecule has 1 nitrogen and oxygen atoms in total. The Hall–Kier alpha value is -7.52. The summed E-state index contributed by atoms with van der Waals surface area (Å²) in [4.78, 5) is 2.46. The van der Waals surface area contributed by atoms with E-state index in [0.29, 0.717) is 0 Å². The second-order valence-corrected chi connectivity index (χ2v) is 16.7. The van der Waals surface area contributed by atoms with Crippen molar-refractivity contribution < 1.29 is 0 Å². The van der Waals surface area contributed by atoms with E-state index in [-0.39, 0.29) is 0 Å². The van der Waals surface area contributed by atoms with E-state index in [1.54, 1.807) is 0 Å². The molecular formula is C58H37NS. The minimum atomic E-state index is 1.12. The average Bonchev–Trinajstić information content (AvgIpc) is 3.72. The average molecular weight is 780 g/mol. The van der Waals surface area contributed by atoms with Gasteiger partial charge < -0.3 is 4.90 Å². The second kappa shape index (κ2) is 14.1. The van der Waals surface area contributed by atoms with Crippen molar-refractivity contribution >= 4 is 91.7 Å². The number of thiophene rings is 1. The maximum absolute atomic E-state index is 2.46. The van der Waals surface area contributed by atoms with Gasteiger partial charge in [-0.1, -0.05) is 182 Å². The number of rotatable bonds is 6. The van der Waals surface area contributed by atoms with Gasteiger partial charge in [0, 0.05) is 26.8 Å². The molecule has 0 radical (unpaired) electrons. The molecule has 2 heteroatoms. The molecule has 60 heavy (non-hydrogen) atoms. The van der Waals surface area contributed by atoms with Gasteiger partial charge in [-0.15, -0.1) is 11.3 Å². The van der Waals surface area contributed by atoms with Gasteiger partial charge in [-0.05, 0) is 119 Å². The molecule has 0 saturated carbocycles. The van der Waals surface area contributed by atoms with E-state index in [1.807, 2.05) is 11.3 Å². The van der Waals surface area contributed by atoms with E-state index >= 15 is 0 Å². The number of fused-ring (bicyclic) bond motifs is 8. The van der Waals surface area contributed by atoms with Crippen LogP contribution >= 0.6 is 11.3 Å². The number of anilines is 3. The monoisotopic (exact) mass is 779 g/mol. The highest BCUT2D eigenvalue weighted by molar-refractivity contribution is 7.27. The standard InChI is InChI=1S/C58H37NS/c1-2-12-39(13-3-1)50-19-8-16-42-17-9-20-51(56(42)50)41-27-31-48(32-28-41)59(55-22-10-21-53-54-34-30-40-14-6-7-18-52(40)57(54)60-58(53)55)49-33-29-46-36-45(25-26-47(46)37-49)44-24-23-38-11-4-5-15-43(38)35-44/h1-37H. The highest BCUT2D eigenvalue weighted by Crippen LogP contribution is 2.47. The second-order valence-electron chi connectivity index (χ2n) is 15.7.